The number of rotatable bonds is 2. The number of carbonyl (C=O) groups excluding carboxylic acids is 1. The van der Waals surface area contributed by atoms with Crippen molar-refractivity contribution in [1.29, 1.82) is 0 Å². The summed E-state index contributed by atoms with van der Waals surface area (Å²) in [6.07, 6.45) is 5.93. The number of pyridine rings is 1. The Labute approximate surface area is 87.2 Å². The molecule has 0 saturated carbocycles. The van der Waals surface area contributed by atoms with Gasteiger partial charge in [-0.3, -0.25) is 4.79 Å². The quantitative estimate of drug-likeness (QED) is 0.546. The first kappa shape index (κ1) is 9.83. The fourth-order valence-electron chi connectivity index (χ4n) is 1.65. The molecule has 0 saturated heterocycles. The maximum Gasteiger partial charge on any atom is 0.213 e. The second-order valence-corrected chi connectivity index (χ2v) is 3.47. The highest BCUT2D eigenvalue weighted by Gasteiger charge is 2.11. The molecule has 1 aliphatic rings. The largest absolute Gasteiger partial charge is 0.321 e. The maximum absolute atomic E-state index is 12.6. The van der Waals surface area contributed by atoms with Gasteiger partial charge in [0.05, 0.1) is 0 Å². The summed E-state index contributed by atoms with van der Waals surface area (Å²) in [5.41, 5.74) is 1.91. The normalized spacial score (nSPS) is 16.1. The molecule has 0 unspecified atom stereocenters. The molecule has 0 atom stereocenters. The van der Waals surface area contributed by atoms with E-state index in [9.17, 15) is 9.18 Å². The minimum atomic E-state index is -0.484. The van der Waals surface area contributed by atoms with Crippen LogP contribution < -0.4 is 0 Å². The minimum Gasteiger partial charge on any atom is -0.321 e. The van der Waals surface area contributed by atoms with Crippen LogP contribution in [0.25, 0.3) is 5.57 Å². The number of amides is 1. The lowest BCUT2D eigenvalue weighted by Crippen LogP contribution is -2.20. The molecule has 2 rings (SSSR count). The van der Waals surface area contributed by atoms with Crippen molar-refractivity contribution in [1.82, 2.24) is 9.88 Å². The van der Waals surface area contributed by atoms with Crippen molar-refractivity contribution in [2.75, 3.05) is 6.54 Å². The standard InChI is InChI=1S/C11H11FN2O/c12-11-4-3-9(6-13-11)10-2-1-5-14(7-10)8-15/h3-4,6-8H,1-2,5H2. The summed E-state index contributed by atoms with van der Waals surface area (Å²) >= 11 is 0. The van der Waals surface area contributed by atoms with Crippen molar-refractivity contribution in [3.05, 3.63) is 36.0 Å². The third-order valence-electron chi connectivity index (χ3n) is 2.42. The molecule has 1 aromatic rings. The van der Waals surface area contributed by atoms with Gasteiger partial charge in [0.1, 0.15) is 0 Å². The summed E-state index contributed by atoms with van der Waals surface area (Å²) in [6.45, 7) is 0.752. The van der Waals surface area contributed by atoms with Crippen LogP contribution in [0.4, 0.5) is 4.39 Å². The highest BCUT2D eigenvalue weighted by Crippen LogP contribution is 2.23. The summed E-state index contributed by atoms with van der Waals surface area (Å²) in [6, 6.07) is 3.01. The van der Waals surface area contributed by atoms with E-state index in [1.165, 1.54) is 12.3 Å². The Hall–Kier alpha value is -1.71. The summed E-state index contributed by atoms with van der Waals surface area (Å²) in [5, 5.41) is 0. The van der Waals surface area contributed by atoms with Gasteiger partial charge < -0.3 is 4.90 Å². The number of aromatic nitrogens is 1. The number of hydrogen-bond acceptors (Lipinski definition) is 2. The van der Waals surface area contributed by atoms with E-state index in [0.29, 0.717) is 0 Å². The zero-order chi connectivity index (χ0) is 10.7. The van der Waals surface area contributed by atoms with E-state index >= 15 is 0 Å². The van der Waals surface area contributed by atoms with Gasteiger partial charge >= 0.3 is 0 Å². The van der Waals surface area contributed by atoms with Crippen LogP contribution in [0.5, 0.6) is 0 Å². The van der Waals surface area contributed by atoms with Crippen molar-refractivity contribution in [3.63, 3.8) is 0 Å². The van der Waals surface area contributed by atoms with E-state index in [0.717, 1.165) is 36.9 Å². The van der Waals surface area contributed by atoms with Crippen molar-refractivity contribution >= 4 is 12.0 Å². The molecule has 1 aliphatic heterocycles. The molecule has 0 spiro atoms. The van der Waals surface area contributed by atoms with Crippen LogP contribution in [0, 0.1) is 5.95 Å². The van der Waals surface area contributed by atoms with Crippen molar-refractivity contribution in [2.45, 2.75) is 12.8 Å². The number of carbonyl (C=O) groups is 1. The number of allylic oxidation sites excluding steroid dienone is 1. The van der Waals surface area contributed by atoms with Gasteiger partial charge in [0, 0.05) is 18.9 Å². The second-order valence-electron chi connectivity index (χ2n) is 3.47. The lowest BCUT2D eigenvalue weighted by Gasteiger charge is -2.20. The highest BCUT2D eigenvalue weighted by molar-refractivity contribution is 5.68. The Bertz CT molecular complexity index is 386. The van der Waals surface area contributed by atoms with Crippen LogP contribution >= 0.6 is 0 Å². The smallest absolute Gasteiger partial charge is 0.213 e. The van der Waals surface area contributed by atoms with Gasteiger partial charge in [-0.1, -0.05) is 0 Å². The first-order valence-corrected chi connectivity index (χ1v) is 4.83. The second kappa shape index (κ2) is 4.21. The van der Waals surface area contributed by atoms with Gasteiger partial charge in [-0.15, -0.1) is 0 Å². The molecule has 2 heterocycles. The van der Waals surface area contributed by atoms with Crippen LogP contribution in [0.3, 0.4) is 0 Å². The van der Waals surface area contributed by atoms with Crippen LogP contribution in [-0.4, -0.2) is 22.8 Å². The molecule has 0 aromatic carbocycles. The molecule has 1 aromatic heterocycles. The SMILES string of the molecule is O=CN1C=C(c2ccc(F)nc2)CCC1. The fraction of sp³-hybridized carbons (Fsp3) is 0.273. The van der Waals surface area contributed by atoms with Gasteiger partial charge in [-0.2, -0.15) is 4.39 Å². The number of nitrogens with zero attached hydrogens (tertiary/aromatic N) is 2. The summed E-state index contributed by atoms with van der Waals surface area (Å²) in [4.78, 5) is 15.8. The summed E-state index contributed by atoms with van der Waals surface area (Å²) in [5.74, 6) is -0.484. The lowest BCUT2D eigenvalue weighted by atomic mass is 10.0. The Morgan fingerprint density at radius 1 is 1.47 bits per heavy atom. The molecule has 4 heteroatoms. The van der Waals surface area contributed by atoms with E-state index in [4.69, 9.17) is 0 Å². The van der Waals surface area contributed by atoms with E-state index in [1.807, 2.05) is 0 Å². The third-order valence-corrected chi connectivity index (χ3v) is 2.42. The molecular formula is C11H11FN2O. The number of halogens is 1. The van der Waals surface area contributed by atoms with Gasteiger partial charge in [0.15, 0.2) is 0 Å². The molecule has 0 aliphatic carbocycles. The molecule has 78 valence electrons. The predicted octanol–water partition coefficient (Wildman–Crippen LogP) is 1.81. The average molecular weight is 206 g/mol. The molecular weight excluding hydrogens is 195 g/mol. The van der Waals surface area contributed by atoms with E-state index in [-0.39, 0.29) is 0 Å². The molecule has 1 amide bonds. The molecule has 3 nitrogen and oxygen atoms in total. The van der Waals surface area contributed by atoms with Crippen molar-refractivity contribution < 1.29 is 9.18 Å². The van der Waals surface area contributed by atoms with Crippen LogP contribution in [0.15, 0.2) is 24.5 Å². The zero-order valence-electron chi connectivity index (χ0n) is 8.19. The molecule has 15 heavy (non-hydrogen) atoms. The summed E-state index contributed by atoms with van der Waals surface area (Å²) in [7, 11) is 0. The first-order chi connectivity index (χ1) is 7.29. The van der Waals surface area contributed by atoms with E-state index in [2.05, 4.69) is 4.98 Å². The number of hydrogen-bond donors (Lipinski definition) is 0. The maximum atomic E-state index is 12.6. The third kappa shape index (κ3) is 2.21. The Kier molecular flexibility index (Phi) is 2.76. The van der Waals surface area contributed by atoms with Crippen molar-refractivity contribution in [2.24, 2.45) is 0 Å². The van der Waals surface area contributed by atoms with Crippen molar-refractivity contribution in [3.8, 4) is 0 Å². The predicted molar refractivity (Wildman–Crippen MR) is 54.2 cm³/mol. The molecule has 0 N–H and O–H groups in total. The molecule has 0 radical (unpaired) electrons. The van der Waals surface area contributed by atoms with Gasteiger partial charge in [-0.05, 0) is 36.1 Å². The minimum absolute atomic E-state index is 0.484. The Morgan fingerprint density at radius 2 is 2.33 bits per heavy atom. The van der Waals surface area contributed by atoms with Gasteiger partial charge in [0.25, 0.3) is 0 Å². The Morgan fingerprint density at radius 3 is 3.00 bits per heavy atom. The van der Waals surface area contributed by atoms with E-state index < -0.39 is 5.95 Å². The van der Waals surface area contributed by atoms with Crippen LogP contribution in [-0.2, 0) is 4.79 Å². The van der Waals surface area contributed by atoms with Gasteiger partial charge in [0.2, 0.25) is 12.4 Å². The highest BCUT2D eigenvalue weighted by atomic mass is 19.1. The fourth-order valence-corrected chi connectivity index (χ4v) is 1.65. The van der Waals surface area contributed by atoms with E-state index in [1.54, 1.807) is 17.2 Å². The Balaban J connectivity index is 2.26. The van der Waals surface area contributed by atoms with Crippen LogP contribution in [0.1, 0.15) is 18.4 Å². The lowest BCUT2D eigenvalue weighted by molar-refractivity contribution is -0.116. The monoisotopic (exact) mass is 206 g/mol. The first-order valence-electron chi connectivity index (χ1n) is 4.83. The van der Waals surface area contributed by atoms with Crippen LogP contribution in [0.2, 0.25) is 0 Å². The molecule has 0 bridgehead atoms. The average Bonchev–Trinajstić information content (AvgIpc) is 2.30. The topological polar surface area (TPSA) is 33.2 Å². The molecule has 0 fully saturated rings. The van der Waals surface area contributed by atoms with Gasteiger partial charge in [-0.25, -0.2) is 4.98 Å². The summed E-state index contributed by atoms with van der Waals surface area (Å²) < 4.78 is 12.6. The zero-order valence-corrected chi connectivity index (χ0v) is 8.19.